The monoisotopic (exact) mass is 521 g/mol. The molecule has 1 aromatic rings. The lowest BCUT2D eigenvalue weighted by Gasteiger charge is -2.28. The fraction of sp³-hybridized carbons (Fsp3) is 0.679. The van der Waals surface area contributed by atoms with Gasteiger partial charge in [-0.3, -0.25) is 4.79 Å². The first-order chi connectivity index (χ1) is 17.0. The minimum absolute atomic E-state index is 0.0309. The number of alkyl carbamates (subject to hydrolysis) is 1. The van der Waals surface area contributed by atoms with Crippen LogP contribution in [0.2, 0.25) is 0 Å². The molecule has 4 N–H and O–H groups in total. The summed E-state index contributed by atoms with van der Waals surface area (Å²) in [7, 11) is 0. The van der Waals surface area contributed by atoms with Crippen molar-refractivity contribution in [1.29, 1.82) is 0 Å². The number of benzene rings is 1. The molecule has 0 saturated heterocycles. The minimum Gasteiger partial charge on any atom is -0.458 e. The maximum atomic E-state index is 13.4. The van der Waals surface area contributed by atoms with Crippen molar-refractivity contribution in [1.82, 2.24) is 16.0 Å². The highest BCUT2D eigenvalue weighted by atomic mass is 16.6. The van der Waals surface area contributed by atoms with Gasteiger partial charge in [-0.05, 0) is 72.8 Å². The molecule has 9 heteroatoms. The largest absolute Gasteiger partial charge is 0.458 e. The highest BCUT2D eigenvalue weighted by Gasteiger charge is 2.30. The lowest BCUT2D eigenvalue weighted by Crippen LogP contribution is -2.55. The number of aliphatic hydroxyl groups is 1. The number of rotatable bonds is 12. The van der Waals surface area contributed by atoms with Crippen LogP contribution in [-0.2, 0) is 25.5 Å². The van der Waals surface area contributed by atoms with E-state index in [1.54, 1.807) is 48.5 Å². The molecule has 1 unspecified atom stereocenters. The normalized spacial score (nSPS) is 15.3. The molecule has 0 fully saturated rings. The molecule has 210 valence electrons. The van der Waals surface area contributed by atoms with E-state index in [9.17, 15) is 19.5 Å². The van der Waals surface area contributed by atoms with E-state index < -0.39 is 47.5 Å². The highest BCUT2D eigenvalue weighted by molar-refractivity contribution is 5.88. The van der Waals surface area contributed by atoms with E-state index in [-0.39, 0.29) is 18.4 Å². The molecule has 0 aliphatic carbocycles. The molecule has 0 spiro atoms. The molecule has 9 nitrogen and oxygen atoms in total. The van der Waals surface area contributed by atoms with Crippen molar-refractivity contribution in [3.05, 3.63) is 35.9 Å². The SMILES string of the molecule is CC(C)C[C@H](NC(=O)[C@H](Cc1ccccc1)NCC(O)[C@H](C)NC(=O)OC(C)(C)C)C(=O)OC(C)(C)C. The molecule has 0 heterocycles. The molecule has 4 atom stereocenters. The van der Waals surface area contributed by atoms with Crippen molar-refractivity contribution in [3.63, 3.8) is 0 Å². The number of nitrogens with one attached hydrogen (secondary N) is 3. The maximum Gasteiger partial charge on any atom is 0.407 e. The molecule has 0 aromatic heterocycles. The van der Waals surface area contributed by atoms with Crippen molar-refractivity contribution in [2.45, 2.75) is 111 Å². The van der Waals surface area contributed by atoms with Crippen molar-refractivity contribution < 1.29 is 29.0 Å². The molecule has 1 aromatic carbocycles. The number of esters is 1. The predicted molar refractivity (Wildman–Crippen MR) is 144 cm³/mol. The number of hydrogen-bond donors (Lipinski definition) is 4. The van der Waals surface area contributed by atoms with E-state index in [2.05, 4.69) is 16.0 Å². The van der Waals surface area contributed by atoms with E-state index in [4.69, 9.17) is 9.47 Å². The molecule has 0 saturated carbocycles. The van der Waals surface area contributed by atoms with Crippen LogP contribution < -0.4 is 16.0 Å². The van der Waals surface area contributed by atoms with Gasteiger partial charge in [0.1, 0.15) is 17.2 Å². The molecule has 0 aliphatic heterocycles. The zero-order valence-electron chi connectivity index (χ0n) is 23.9. The van der Waals surface area contributed by atoms with E-state index in [0.717, 1.165) is 5.56 Å². The Morgan fingerprint density at radius 3 is 1.95 bits per heavy atom. The van der Waals surface area contributed by atoms with Crippen molar-refractivity contribution >= 4 is 18.0 Å². The quantitative estimate of drug-likeness (QED) is 0.311. The summed E-state index contributed by atoms with van der Waals surface area (Å²) in [6.45, 7) is 16.3. The number of carbonyl (C=O) groups excluding carboxylic acids is 3. The van der Waals surface area contributed by atoms with Gasteiger partial charge in [0.15, 0.2) is 0 Å². The van der Waals surface area contributed by atoms with Gasteiger partial charge in [0.25, 0.3) is 0 Å². The Labute approximate surface area is 222 Å². The summed E-state index contributed by atoms with van der Waals surface area (Å²) in [5.74, 6) is -0.705. The van der Waals surface area contributed by atoms with Crippen LogP contribution in [0.3, 0.4) is 0 Å². The molecule has 0 radical (unpaired) electrons. The summed E-state index contributed by atoms with van der Waals surface area (Å²) in [6.07, 6.45) is -0.851. The highest BCUT2D eigenvalue weighted by Crippen LogP contribution is 2.14. The number of aliphatic hydroxyl groups excluding tert-OH is 1. The van der Waals surface area contributed by atoms with Gasteiger partial charge >= 0.3 is 12.1 Å². The summed E-state index contributed by atoms with van der Waals surface area (Å²) < 4.78 is 10.8. The summed E-state index contributed by atoms with van der Waals surface area (Å²) >= 11 is 0. The third-order valence-corrected chi connectivity index (χ3v) is 5.21. The zero-order chi connectivity index (χ0) is 28.4. The molecular weight excluding hydrogens is 474 g/mol. The Hall–Kier alpha value is -2.65. The topological polar surface area (TPSA) is 126 Å². The van der Waals surface area contributed by atoms with Crippen LogP contribution in [0.5, 0.6) is 0 Å². The van der Waals surface area contributed by atoms with Crippen LogP contribution >= 0.6 is 0 Å². The van der Waals surface area contributed by atoms with Crippen LogP contribution in [0.1, 0.15) is 74.3 Å². The average molecular weight is 522 g/mol. The Kier molecular flexibility index (Phi) is 12.5. The standard InChI is InChI=1S/C28H47N3O6/c1-18(2)15-22(25(34)36-27(4,5)6)31-24(33)21(16-20-13-11-10-12-14-20)29-17-23(32)19(3)30-26(35)37-28(7,8)9/h10-14,18-19,21-23,29,32H,15-17H2,1-9H3,(H,30,35)(H,31,33)/t19-,21-,22-,23?/m0/s1. The first-order valence-electron chi connectivity index (χ1n) is 12.9. The Morgan fingerprint density at radius 2 is 1.43 bits per heavy atom. The Morgan fingerprint density at radius 1 is 0.865 bits per heavy atom. The van der Waals surface area contributed by atoms with E-state index in [1.807, 2.05) is 44.2 Å². The van der Waals surface area contributed by atoms with E-state index >= 15 is 0 Å². The minimum atomic E-state index is -0.990. The van der Waals surface area contributed by atoms with Gasteiger partial charge in [-0.2, -0.15) is 0 Å². The van der Waals surface area contributed by atoms with Crippen LogP contribution in [0.15, 0.2) is 30.3 Å². The second-order valence-electron chi connectivity index (χ2n) is 11.9. The molecular formula is C28H47N3O6. The second kappa shape index (κ2) is 14.3. The summed E-state index contributed by atoms with van der Waals surface area (Å²) in [4.78, 5) is 38.3. The van der Waals surface area contributed by atoms with Gasteiger partial charge in [0.2, 0.25) is 5.91 Å². The molecule has 0 bridgehead atoms. The van der Waals surface area contributed by atoms with Crippen LogP contribution in [0.4, 0.5) is 4.79 Å². The van der Waals surface area contributed by atoms with Crippen LogP contribution in [-0.4, -0.2) is 65.1 Å². The zero-order valence-corrected chi connectivity index (χ0v) is 23.9. The lowest BCUT2D eigenvalue weighted by atomic mass is 10.0. The lowest BCUT2D eigenvalue weighted by molar-refractivity contribution is -0.159. The number of hydrogen-bond acceptors (Lipinski definition) is 7. The van der Waals surface area contributed by atoms with Gasteiger partial charge in [0.05, 0.1) is 18.2 Å². The Bertz CT molecular complexity index is 861. The van der Waals surface area contributed by atoms with Crippen molar-refractivity contribution in [2.75, 3.05) is 6.54 Å². The Balaban J connectivity index is 2.95. The average Bonchev–Trinajstić information content (AvgIpc) is 2.73. The maximum absolute atomic E-state index is 13.4. The summed E-state index contributed by atoms with van der Waals surface area (Å²) in [6, 6.07) is 7.31. The fourth-order valence-corrected chi connectivity index (χ4v) is 3.47. The van der Waals surface area contributed by atoms with Gasteiger partial charge in [-0.25, -0.2) is 9.59 Å². The van der Waals surface area contributed by atoms with Gasteiger partial charge < -0.3 is 30.5 Å². The second-order valence-corrected chi connectivity index (χ2v) is 11.9. The van der Waals surface area contributed by atoms with Crippen molar-refractivity contribution in [3.8, 4) is 0 Å². The van der Waals surface area contributed by atoms with Gasteiger partial charge in [-0.15, -0.1) is 0 Å². The fourth-order valence-electron chi connectivity index (χ4n) is 3.47. The van der Waals surface area contributed by atoms with Gasteiger partial charge in [-0.1, -0.05) is 44.2 Å². The molecule has 1 rings (SSSR count). The third-order valence-electron chi connectivity index (χ3n) is 5.21. The number of amides is 2. The first kappa shape index (κ1) is 32.4. The summed E-state index contributed by atoms with van der Waals surface area (Å²) in [5.41, 5.74) is -0.422. The summed E-state index contributed by atoms with van der Waals surface area (Å²) in [5, 5.41) is 19.2. The first-order valence-corrected chi connectivity index (χ1v) is 12.9. The van der Waals surface area contributed by atoms with E-state index in [1.165, 1.54) is 0 Å². The molecule has 37 heavy (non-hydrogen) atoms. The molecule has 2 amide bonds. The van der Waals surface area contributed by atoms with Crippen LogP contribution in [0, 0.1) is 5.92 Å². The van der Waals surface area contributed by atoms with Gasteiger partial charge in [0, 0.05) is 6.54 Å². The number of ether oxygens (including phenoxy) is 2. The third kappa shape index (κ3) is 14.0. The smallest absolute Gasteiger partial charge is 0.407 e. The molecule has 0 aliphatic rings. The van der Waals surface area contributed by atoms with E-state index in [0.29, 0.717) is 12.8 Å². The van der Waals surface area contributed by atoms with Crippen molar-refractivity contribution in [2.24, 2.45) is 5.92 Å². The number of carbonyl (C=O) groups is 3. The predicted octanol–water partition coefficient (Wildman–Crippen LogP) is 3.33. The van der Waals surface area contributed by atoms with Crippen LogP contribution in [0.25, 0.3) is 0 Å².